The quantitative estimate of drug-likeness (QED) is 0.630. The van der Waals surface area contributed by atoms with Gasteiger partial charge in [-0.3, -0.25) is 9.59 Å². The number of hydrogen-bond acceptors (Lipinski definition) is 5. The molecule has 1 amide bonds. The molecule has 1 aliphatic rings. The van der Waals surface area contributed by atoms with E-state index < -0.39 is 0 Å². The summed E-state index contributed by atoms with van der Waals surface area (Å²) in [7, 11) is 1.58. The van der Waals surface area contributed by atoms with E-state index in [-0.39, 0.29) is 18.3 Å². The van der Waals surface area contributed by atoms with E-state index in [4.69, 9.17) is 14.2 Å². The Morgan fingerprint density at radius 2 is 2.03 bits per heavy atom. The number of benzene rings is 2. The summed E-state index contributed by atoms with van der Waals surface area (Å²) in [5.74, 6) is 1.82. The third-order valence-electron chi connectivity index (χ3n) is 4.65. The maximum atomic E-state index is 12.3. The number of rotatable bonds is 6. The Bertz CT molecular complexity index is 1150. The van der Waals surface area contributed by atoms with Crippen LogP contribution in [0, 0.1) is 0 Å². The molecule has 0 atom stereocenters. The number of ether oxygens (including phenoxy) is 3. The maximum Gasteiger partial charge on any atom is 0.251 e. The lowest BCUT2D eigenvalue weighted by Gasteiger charge is -2.06. The number of fused-ring (bicyclic) bond motifs is 2. The Balaban J connectivity index is 1.35. The van der Waals surface area contributed by atoms with Crippen LogP contribution < -0.4 is 25.1 Å². The van der Waals surface area contributed by atoms with Crippen molar-refractivity contribution in [1.82, 2.24) is 10.3 Å². The number of carbonyl (C=O) groups is 1. The largest absolute Gasteiger partial charge is 0.497 e. The zero-order valence-corrected chi connectivity index (χ0v) is 15.9. The predicted molar refractivity (Wildman–Crippen MR) is 109 cm³/mol. The van der Waals surface area contributed by atoms with E-state index in [1.165, 1.54) is 6.08 Å². The first-order valence-electron chi connectivity index (χ1n) is 9.18. The highest BCUT2D eigenvalue weighted by Gasteiger charge is 2.12. The summed E-state index contributed by atoms with van der Waals surface area (Å²) in [6, 6.07) is 12.8. The van der Waals surface area contributed by atoms with Gasteiger partial charge in [0.05, 0.1) is 12.6 Å². The van der Waals surface area contributed by atoms with Crippen LogP contribution in [0.4, 0.5) is 0 Å². The summed E-state index contributed by atoms with van der Waals surface area (Å²) in [6.07, 6.45) is 3.59. The summed E-state index contributed by atoms with van der Waals surface area (Å²) in [4.78, 5) is 27.2. The molecular formula is C22H20N2O5. The molecule has 4 rings (SSSR count). The number of aromatic amines is 1. The third kappa shape index (κ3) is 4.24. The predicted octanol–water partition coefficient (Wildman–Crippen LogP) is 2.64. The number of carbonyl (C=O) groups excluding carboxylic acids is 1. The van der Waals surface area contributed by atoms with Crippen LogP contribution in [0.25, 0.3) is 17.0 Å². The molecule has 0 aliphatic carbocycles. The average molecular weight is 392 g/mol. The van der Waals surface area contributed by atoms with Crippen molar-refractivity contribution in [3.05, 3.63) is 70.0 Å². The molecule has 29 heavy (non-hydrogen) atoms. The van der Waals surface area contributed by atoms with E-state index in [9.17, 15) is 9.59 Å². The third-order valence-corrected chi connectivity index (χ3v) is 4.65. The van der Waals surface area contributed by atoms with Crippen molar-refractivity contribution in [2.24, 2.45) is 0 Å². The molecule has 1 aromatic heterocycles. The van der Waals surface area contributed by atoms with E-state index in [0.29, 0.717) is 41.3 Å². The van der Waals surface area contributed by atoms with E-state index in [1.807, 2.05) is 36.4 Å². The molecule has 148 valence electrons. The number of H-pyrrole nitrogens is 1. The Labute approximate surface area is 166 Å². The fourth-order valence-electron chi connectivity index (χ4n) is 3.11. The van der Waals surface area contributed by atoms with E-state index >= 15 is 0 Å². The number of pyridine rings is 1. The fraction of sp³-hybridized carbons (Fsp3) is 0.182. The lowest BCUT2D eigenvalue weighted by molar-refractivity contribution is -0.116. The monoisotopic (exact) mass is 392 g/mol. The smallest absolute Gasteiger partial charge is 0.251 e. The van der Waals surface area contributed by atoms with Crippen molar-refractivity contribution in [2.45, 2.75) is 6.42 Å². The summed E-state index contributed by atoms with van der Waals surface area (Å²) >= 11 is 0. The van der Waals surface area contributed by atoms with Crippen LogP contribution in [0.5, 0.6) is 17.2 Å². The normalized spacial score (nSPS) is 12.4. The summed E-state index contributed by atoms with van der Waals surface area (Å²) in [5.41, 5.74) is 2.00. The molecule has 0 fully saturated rings. The average Bonchev–Trinajstić information content (AvgIpc) is 3.20. The van der Waals surface area contributed by atoms with Gasteiger partial charge in [0, 0.05) is 24.3 Å². The molecular weight excluding hydrogens is 372 g/mol. The van der Waals surface area contributed by atoms with Crippen LogP contribution in [-0.4, -0.2) is 31.3 Å². The fourth-order valence-corrected chi connectivity index (χ4v) is 3.11. The van der Waals surface area contributed by atoms with Gasteiger partial charge in [-0.1, -0.05) is 6.07 Å². The Hall–Kier alpha value is -3.74. The lowest BCUT2D eigenvalue weighted by Crippen LogP contribution is -2.25. The molecule has 0 unspecified atom stereocenters. The molecule has 0 bridgehead atoms. The van der Waals surface area contributed by atoms with Gasteiger partial charge in [0.15, 0.2) is 11.5 Å². The van der Waals surface area contributed by atoms with Crippen molar-refractivity contribution in [3.8, 4) is 17.2 Å². The van der Waals surface area contributed by atoms with Gasteiger partial charge in [-0.15, -0.1) is 0 Å². The first-order chi connectivity index (χ1) is 14.1. The van der Waals surface area contributed by atoms with Crippen molar-refractivity contribution in [3.63, 3.8) is 0 Å². The molecule has 3 aromatic rings. The first kappa shape index (κ1) is 18.6. The highest BCUT2D eigenvalue weighted by molar-refractivity contribution is 5.91. The van der Waals surface area contributed by atoms with Gasteiger partial charge < -0.3 is 24.5 Å². The first-order valence-corrected chi connectivity index (χ1v) is 9.18. The van der Waals surface area contributed by atoms with Crippen LogP contribution in [0.3, 0.4) is 0 Å². The molecule has 0 saturated heterocycles. The van der Waals surface area contributed by atoms with E-state index in [1.54, 1.807) is 19.3 Å². The van der Waals surface area contributed by atoms with Gasteiger partial charge in [0.25, 0.3) is 5.56 Å². The SMILES string of the molecule is COc1ccc2cc(CCNC(=O)/C=C\c3ccc4c(c3)OCO4)c(=O)[nH]c2c1. The molecule has 7 nitrogen and oxygen atoms in total. The molecule has 0 radical (unpaired) electrons. The molecule has 0 saturated carbocycles. The highest BCUT2D eigenvalue weighted by atomic mass is 16.7. The molecule has 2 N–H and O–H groups in total. The molecule has 1 aliphatic heterocycles. The van der Waals surface area contributed by atoms with Crippen molar-refractivity contribution in [2.75, 3.05) is 20.4 Å². The highest BCUT2D eigenvalue weighted by Crippen LogP contribution is 2.32. The van der Waals surface area contributed by atoms with Gasteiger partial charge in [-0.25, -0.2) is 0 Å². The second-order valence-corrected chi connectivity index (χ2v) is 6.56. The van der Waals surface area contributed by atoms with Crippen LogP contribution in [0.2, 0.25) is 0 Å². The zero-order chi connectivity index (χ0) is 20.2. The number of hydrogen-bond donors (Lipinski definition) is 2. The second-order valence-electron chi connectivity index (χ2n) is 6.56. The second kappa shape index (κ2) is 8.10. The van der Waals surface area contributed by atoms with Crippen LogP contribution in [0.15, 0.2) is 53.3 Å². The standard InChI is InChI=1S/C22H20N2O5/c1-27-17-5-4-15-11-16(22(26)24-18(15)12-17)8-9-23-21(25)7-3-14-2-6-19-20(10-14)29-13-28-19/h2-7,10-12H,8-9,13H2,1H3,(H,23,25)(H,24,26)/b7-3-. The number of aromatic nitrogens is 1. The number of methoxy groups -OCH3 is 1. The van der Waals surface area contributed by atoms with Gasteiger partial charge >= 0.3 is 0 Å². The molecule has 2 heterocycles. The zero-order valence-electron chi connectivity index (χ0n) is 15.9. The van der Waals surface area contributed by atoms with Crippen molar-refractivity contribution >= 4 is 22.9 Å². The number of amides is 1. The van der Waals surface area contributed by atoms with Crippen LogP contribution in [0.1, 0.15) is 11.1 Å². The minimum absolute atomic E-state index is 0.170. The van der Waals surface area contributed by atoms with Gasteiger partial charge in [-0.2, -0.15) is 0 Å². The molecule has 7 heteroatoms. The molecule has 2 aromatic carbocycles. The Kier molecular flexibility index (Phi) is 5.20. The molecule has 0 spiro atoms. The Morgan fingerprint density at radius 1 is 1.17 bits per heavy atom. The Morgan fingerprint density at radius 3 is 2.90 bits per heavy atom. The van der Waals surface area contributed by atoms with Gasteiger partial charge in [-0.05, 0) is 53.8 Å². The van der Waals surface area contributed by atoms with Crippen LogP contribution >= 0.6 is 0 Å². The van der Waals surface area contributed by atoms with Gasteiger partial charge in [0.2, 0.25) is 12.7 Å². The summed E-state index contributed by atoms with van der Waals surface area (Å²) in [6.45, 7) is 0.569. The lowest BCUT2D eigenvalue weighted by atomic mass is 10.1. The van der Waals surface area contributed by atoms with E-state index in [2.05, 4.69) is 10.3 Å². The van der Waals surface area contributed by atoms with Gasteiger partial charge in [0.1, 0.15) is 5.75 Å². The van der Waals surface area contributed by atoms with Crippen molar-refractivity contribution in [1.29, 1.82) is 0 Å². The van der Waals surface area contributed by atoms with Crippen molar-refractivity contribution < 1.29 is 19.0 Å². The minimum Gasteiger partial charge on any atom is -0.497 e. The summed E-state index contributed by atoms with van der Waals surface area (Å²) < 4.78 is 15.8. The topological polar surface area (TPSA) is 89.7 Å². The van der Waals surface area contributed by atoms with Crippen LogP contribution in [-0.2, 0) is 11.2 Å². The summed E-state index contributed by atoms with van der Waals surface area (Å²) in [5, 5.41) is 3.70. The number of nitrogens with one attached hydrogen (secondary N) is 2. The minimum atomic E-state index is -0.232. The van der Waals surface area contributed by atoms with E-state index in [0.717, 1.165) is 10.9 Å². The maximum absolute atomic E-state index is 12.3.